The minimum absolute atomic E-state index is 0.239. The average Bonchev–Trinajstić information content (AvgIpc) is 1.85. The zero-order chi connectivity index (χ0) is 9.83. The fraction of sp³-hybridized carbons (Fsp3) is 1.00. The molecule has 0 fully saturated rings. The number of nitrogens with one attached hydrogen (secondary N) is 1. The van der Waals surface area contributed by atoms with Crippen LogP contribution in [0.15, 0.2) is 0 Å². The lowest BCUT2D eigenvalue weighted by Crippen LogP contribution is -2.39. The smallest absolute Gasteiger partial charge is 0.216 e. The molecule has 4 nitrogen and oxygen atoms in total. The maximum atomic E-state index is 11.3. The summed E-state index contributed by atoms with van der Waals surface area (Å²) in [5, 5.41) is 10.0. The third-order valence-electron chi connectivity index (χ3n) is 1.42. The van der Waals surface area contributed by atoms with Gasteiger partial charge in [0.2, 0.25) is 10.0 Å². The summed E-state index contributed by atoms with van der Waals surface area (Å²) in [5.74, 6) is 0. The molecule has 73 valence electrons. The average molecular weight is 194 g/mol. The minimum Gasteiger partial charge on any atom is -0.237 e. The summed E-state index contributed by atoms with van der Waals surface area (Å²) in [4.78, 5) is 0. The molecular formula is C7H16NO3S. The van der Waals surface area contributed by atoms with Gasteiger partial charge < -0.3 is 0 Å². The van der Waals surface area contributed by atoms with E-state index in [1.807, 2.05) is 0 Å². The molecule has 0 aliphatic heterocycles. The van der Waals surface area contributed by atoms with Crippen molar-refractivity contribution in [3.05, 3.63) is 0 Å². The van der Waals surface area contributed by atoms with E-state index in [-0.39, 0.29) is 13.2 Å². The van der Waals surface area contributed by atoms with Crippen molar-refractivity contribution in [1.29, 1.82) is 0 Å². The van der Waals surface area contributed by atoms with Gasteiger partial charge in [-0.15, -0.1) is 0 Å². The minimum atomic E-state index is -3.26. The molecule has 0 unspecified atom stereocenters. The fourth-order valence-electron chi connectivity index (χ4n) is 0.495. The van der Waals surface area contributed by atoms with Crippen molar-refractivity contribution in [3.63, 3.8) is 0 Å². The Labute approximate surface area is 74.0 Å². The molecule has 5 heteroatoms. The molecule has 0 amide bonds. The van der Waals surface area contributed by atoms with Gasteiger partial charge in [0.1, 0.15) is 0 Å². The highest BCUT2D eigenvalue weighted by molar-refractivity contribution is 7.90. The van der Waals surface area contributed by atoms with E-state index < -0.39 is 14.8 Å². The second-order valence-corrected chi connectivity index (χ2v) is 6.09. The largest absolute Gasteiger partial charge is 0.237 e. The SMILES string of the molecule is CC(C)(C)S(=O)(=O)NCCC[O]. The van der Waals surface area contributed by atoms with Crippen LogP contribution in [-0.2, 0) is 15.1 Å². The third-order valence-corrected chi connectivity index (χ3v) is 3.62. The van der Waals surface area contributed by atoms with Gasteiger partial charge >= 0.3 is 0 Å². The number of hydrogen-bond acceptors (Lipinski definition) is 2. The molecule has 0 atom stereocenters. The first kappa shape index (κ1) is 11.9. The van der Waals surface area contributed by atoms with E-state index in [9.17, 15) is 13.5 Å². The van der Waals surface area contributed by atoms with Crippen LogP contribution in [0.25, 0.3) is 0 Å². The third kappa shape index (κ3) is 3.51. The van der Waals surface area contributed by atoms with E-state index in [0.717, 1.165) is 0 Å². The maximum absolute atomic E-state index is 11.3. The van der Waals surface area contributed by atoms with Gasteiger partial charge in [-0.1, -0.05) is 0 Å². The molecule has 1 N–H and O–H groups in total. The van der Waals surface area contributed by atoms with E-state index in [0.29, 0.717) is 6.42 Å². The van der Waals surface area contributed by atoms with Gasteiger partial charge in [-0.05, 0) is 27.2 Å². The summed E-state index contributed by atoms with van der Waals surface area (Å²) in [6.07, 6.45) is 0.343. The molecule has 0 aliphatic rings. The van der Waals surface area contributed by atoms with Gasteiger partial charge in [-0.3, -0.25) is 0 Å². The molecule has 0 aromatic carbocycles. The van der Waals surface area contributed by atoms with Gasteiger partial charge in [0.15, 0.2) is 0 Å². The van der Waals surface area contributed by atoms with Crippen molar-refractivity contribution in [3.8, 4) is 0 Å². The van der Waals surface area contributed by atoms with E-state index in [4.69, 9.17) is 0 Å². The Morgan fingerprint density at radius 3 is 2.08 bits per heavy atom. The second-order valence-electron chi connectivity index (χ2n) is 3.57. The second kappa shape index (κ2) is 4.20. The predicted octanol–water partition coefficient (Wildman–Crippen LogP) is 0.525. The Morgan fingerprint density at radius 2 is 1.75 bits per heavy atom. The topological polar surface area (TPSA) is 66.1 Å². The highest BCUT2D eigenvalue weighted by Gasteiger charge is 2.27. The molecule has 0 heterocycles. The Balaban J connectivity index is 4.08. The fourth-order valence-corrected chi connectivity index (χ4v) is 1.34. The lowest BCUT2D eigenvalue weighted by molar-refractivity contribution is 0.190. The van der Waals surface area contributed by atoms with Crippen molar-refractivity contribution in [2.45, 2.75) is 31.9 Å². The van der Waals surface area contributed by atoms with Gasteiger partial charge in [0, 0.05) is 6.54 Å². The van der Waals surface area contributed by atoms with E-state index in [1.54, 1.807) is 20.8 Å². The Bertz CT molecular complexity index is 215. The Morgan fingerprint density at radius 1 is 1.25 bits per heavy atom. The van der Waals surface area contributed by atoms with Gasteiger partial charge in [-0.25, -0.2) is 18.2 Å². The van der Waals surface area contributed by atoms with Crippen molar-refractivity contribution in [2.24, 2.45) is 0 Å². The van der Waals surface area contributed by atoms with Crippen LogP contribution in [0.3, 0.4) is 0 Å². The van der Waals surface area contributed by atoms with Crippen LogP contribution in [0.5, 0.6) is 0 Å². The summed E-state index contributed by atoms with van der Waals surface area (Å²) in [7, 11) is -3.26. The summed E-state index contributed by atoms with van der Waals surface area (Å²) in [5.41, 5.74) is 0. The highest BCUT2D eigenvalue weighted by Crippen LogP contribution is 2.12. The van der Waals surface area contributed by atoms with Crippen LogP contribution in [0.1, 0.15) is 27.2 Å². The number of rotatable bonds is 4. The van der Waals surface area contributed by atoms with Crippen LogP contribution in [-0.4, -0.2) is 26.3 Å². The zero-order valence-electron chi connectivity index (χ0n) is 7.75. The van der Waals surface area contributed by atoms with Gasteiger partial charge in [0.05, 0.1) is 11.4 Å². The summed E-state index contributed by atoms with van der Waals surface area (Å²) < 4.78 is 24.2. The standard InChI is InChI=1S/C7H16NO3S/c1-7(2,3)12(10,11)8-5-4-6-9/h8H,4-6H2,1-3H3. The monoisotopic (exact) mass is 194 g/mol. The first-order chi connectivity index (χ1) is 5.31. The molecule has 0 aromatic rings. The molecule has 0 saturated heterocycles. The Kier molecular flexibility index (Phi) is 4.16. The number of sulfonamides is 1. The van der Waals surface area contributed by atoms with Crippen molar-refractivity contribution >= 4 is 10.0 Å². The zero-order valence-corrected chi connectivity index (χ0v) is 8.57. The molecular weight excluding hydrogens is 178 g/mol. The normalized spacial score (nSPS) is 13.3. The molecule has 0 spiro atoms. The molecule has 0 aromatic heterocycles. The van der Waals surface area contributed by atoms with E-state index in [1.165, 1.54) is 0 Å². The Hall–Kier alpha value is -0.130. The lowest BCUT2D eigenvalue weighted by atomic mass is 10.3. The van der Waals surface area contributed by atoms with Crippen molar-refractivity contribution < 1.29 is 13.5 Å². The molecule has 12 heavy (non-hydrogen) atoms. The van der Waals surface area contributed by atoms with Gasteiger partial charge in [-0.2, -0.15) is 0 Å². The van der Waals surface area contributed by atoms with Crippen LogP contribution in [0.4, 0.5) is 0 Å². The molecule has 0 rings (SSSR count). The molecule has 0 bridgehead atoms. The van der Waals surface area contributed by atoms with Crippen LogP contribution >= 0.6 is 0 Å². The van der Waals surface area contributed by atoms with Crippen LogP contribution in [0.2, 0.25) is 0 Å². The quantitative estimate of drug-likeness (QED) is 0.663. The van der Waals surface area contributed by atoms with E-state index >= 15 is 0 Å². The lowest BCUT2D eigenvalue weighted by Gasteiger charge is -2.19. The molecule has 1 radical (unpaired) electrons. The molecule has 0 aliphatic carbocycles. The maximum Gasteiger partial charge on any atom is 0.216 e. The van der Waals surface area contributed by atoms with Gasteiger partial charge in [0.25, 0.3) is 0 Å². The van der Waals surface area contributed by atoms with Crippen molar-refractivity contribution in [1.82, 2.24) is 4.72 Å². The summed E-state index contributed by atoms with van der Waals surface area (Å²) >= 11 is 0. The predicted molar refractivity (Wildman–Crippen MR) is 46.8 cm³/mol. The van der Waals surface area contributed by atoms with Crippen molar-refractivity contribution in [2.75, 3.05) is 13.2 Å². The summed E-state index contributed by atoms with van der Waals surface area (Å²) in [6, 6.07) is 0. The van der Waals surface area contributed by atoms with E-state index in [2.05, 4.69) is 4.72 Å². The first-order valence-corrected chi connectivity index (χ1v) is 5.37. The molecule has 0 saturated carbocycles. The first-order valence-electron chi connectivity index (χ1n) is 3.88. The van der Waals surface area contributed by atoms with Crippen LogP contribution in [0, 0.1) is 0 Å². The number of hydrogen-bond donors (Lipinski definition) is 1. The van der Waals surface area contributed by atoms with Crippen LogP contribution < -0.4 is 4.72 Å². The highest BCUT2D eigenvalue weighted by atomic mass is 32.2. The summed E-state index contributed by atoms with van der Waals surface area (Å²) in [6.45, 7) is 4.85.